The lowest BCUT2D eigenvalue weighted by atomic mass is 10.1. The number of ether oxygens (including phenoxy) is 2. The lowest BCUT2D eigenvalue weighted by Gasteiger charge is -2.14. The van der Waals surface area contributed by atoms with E-state index in [-0.39, 0.29) is 11.4 Å². The molecule has 0 radical (unpaired) electrons. The number of amides is 1. The monoisotopic (exact) mass is 449 g/mol. The number of aryl methyl sites for hydroxylation is 1. The molecule has 1 heterocycles. The minimum absolute atomic E-state index is 0.210. The number of anilines is 1. The lowest BCUT2D eigenvalue weighted by Crippen LogP contribution is -2.13. The first-order valence-electron chi connectivity index (χ1n) is 10.3. The molecule has 10 heteroatoms. The fourth-order valence-electron chi connectivity index (χ4n) is 3.16. The Morgan fingerprint density at radius 1 is 1.15 bits per heavy atom. The number of benzene rings is 2. The van der Waals surface area contributed by atoms with Crippen LogP contribution in [-0.2, 0) is 6.54 Å². The number of nitro groups is 1. The van der Waals surface area contributed by atoms with Crippen molar-refractivity contribution in [2.45, 2.75) is 27.3 Å². The Bertz CT molecular complexity index is 1210. The fraction of sp³-hybridized carbons (Fsp3) is 0.261. The number of nitrogens with one attached hydrogen (secondary N) is 1. The van der Waals surface area contributed by atoms with Crippen molar-refractivity contribution in [3.8, 4) is 17.6 Å². The van der Waals surface area contributed by atoms with Crippen LogP contribution >= 0.6 is 0 Å². The van der Waals surface area contributed by atoms with Crippen LogP contribution in [0.3, 0.4) is 0 Å². The van der Waals surface area contributed by atoms with Gasteiger partial charge in [-0.15, -0.1) is 0 Å². The van der Waals surface area contributed by atoms with E-state index in [2.05, 4.69) is 16.5 Å². The maximum absolute atomic E-state index is 12.8. The lowest BCUT2D eigenvalue weighted by molar-refractivity contribution is -0.389. The largest absolute Gasteiger partial charge is 0.490 e. The van der Waals surface area contributed by atoms with E-state index in [9.17, 15) is 20.2 Å². The summed E-state index contributed by atoms with van der Waals surface area (Å²) in [6.45, 7) is 6.54. The first-order valence-corrected chi connectivity index (χ1v) is 10.3. The predicted molar refractivity (Wildman–Crippen MR) is 121 cm³/mol. The van der Waals surface area contributed by atoms with Crippen LogP contribution < -0.4 is 14.8 Å². The third-order valence-corrected chi connectivity index (χ3v) is 4.76. The van der Waals surface area contributed by atoms with E-state index < -0.39 is 10.8 Å². The van der Waals surface area contributed by atoms with Gasteiger partial charge in [0.2, 0.25) is 0 Å². The van der Waals surface area contributed by atoms with Crippen molar-refractivity contribution in [1.29, 1.82) is 5.26 Å². The second-order valence-corrected chi connectivity index (χ2v) is 7.03. The molecule has 1 N–H and O–H groups in total. The maximum Gasteiger partial charge on any atom is 0.390 e. The standard InChI is InChI=1S/C23H23N5O5/c1-4-32-20-11-18(13-24)19(12-21(20)33-5-2)25-23(29)17-8-6-16(7-9-17)14-27-15(3)10-22(26-27)28(30)31/h6-12H,4-5,14H2,1-3H3,(H,25,29). The summed E-state index contributed by atoms with van der Waals surface area (Å²) in [7, 11) is 0. The van der Waals surface area contributed by atoms with Crippen molar-refractivity contribution >= 4 is 17.4 Å². The summed E-state index contributed by atoms with van der Waals surface area (Å²) in [5, 5.41) is 27.1. The molecule has 33 heavy (non-hydrogen) atoms. The van der Waals surface area contributed by atoms with Crippen LogP contribution in [0.25, 0.3) is 0 Å². The maximum atomic E-state index is 12.8. The quantitative estimate of drug-likeness (QED) is 0.385. The second kappa shape index (κ2) is 10.3. The van der Waals surface area contributed by atoms with Gasteiger partial charge in [-0.2, -0.15) is 9.94 Å². The molecule has 2 aromatic carbocycles. The van der Waals surface area contributed by atoms with Gasteiger partial charge in [-0.1, -0.05) is 12.1 Å². The highest BCUT2D eigenvalue weighted by Crippen LogP contribution is 2.34. The number of carbonyl (C=O) groups excluding carboxylic acids is 1. The van der Waals surface area contributed by atoms with E-state index in [0.29, 0.717) is 48.2 Å². The summed E-state index contributed by atoms with van der Waals surface area (Å²) < 4.78 is 12.6. The Morgan fingerprint density at radius 3 is 2.33 bits per heavy atom. The normalized spacial score (nSPS) is 10.4. The molecule has 10 nitrogen and oxygen atoms in total. The molecule has 1 aromatic heterocycles. The Kier molecular flexibility index (Phi) is 7.25. The zero-order chi connectivity index (χ0) is 24.0. The summed E-state index contributed by atoms with van der Waals surface area (Å²) in [4.78, 5) is 23.1. The highest BCUT2D eigenvalue weighted by molar-refractivity contribution is 6.05. The smallest absolute Gasteiger partial charge is 0.390 e. The zero-order valence-corrected chi connectivity index (χ0v) is 18.5. The third kappa shape index (κ3) is 5.46. The van der Waals surface area contributed by atoms with Gasteiger partial charge in [-0.25, -0.2) is 0 Å². The Hall–Kier alpha value is -4.39. The number of nitrogens with zero attached hydrogens (tertiary/aromatic N) is 4. The van der Waals surface area contributed by atoms with Crippen molar-refractivity contribution in [1.82, 2.24) is 9.78 Å². The molecule has 0 spiro atoms. The average molecular weight is 449 g/mol. The second-order valence-electron chi connectivity index (χ2n) is 7.03. The van der Waals surface area contributed by atoms with Gasteiger partial charge in [-0.05, 0) is 43.4 Å². The fourth-order valence-corrected chi connectivity index (χ4v) is 3.16. The van der Waals surface area contributed by atoms with Crippen LogP contribution in [0.4, 0.5) is 11.5 Å². The molecule has 0 saturated heterocycles. The van der Waals surface area contributed by atoms with E-state index in [1.54, 1.807) is 43.3 Å². The Morgan fingerprint density at radius 2 is 1.79 bits per heavy atom. The van der Waals surface area contributed by atoms with Crippen molar-refractivity contribution in [3.63, 3.8) is 0 Å². The Labute approximate surface area is 190 Å². The molecule has 0 bridgehead atoms. The first-order chi connectivity index (χ1) is 15.9. The topological polar surface area (TPSA) is 132 Å². The molecule has 3 aromatic rings. The van der Waals surface area contributed by atoms with Crippen molar-refractivity contribution in [2.24, 2.45) is 0 Å². The van der Waals surface area contributed by atoms with E-state index >= 15 is 0 Å². The molecule has 170 valence electrons. The summed E-state index contributed by atoms with van der Waals surface area (Å²) in [6, 6.07) is 13.4. The average Bonchev–Trinajstić information content (AvgIpc) is 3.16. The Balaban J connectivity index is 1.77. The van der Waals surface area contributed by atoms with Crippen LogP contribution in [0.1, 0.15) is 41.0 Å². The van der Waals surface area contributed by atoms with Crippen LogP contribution in [0.2, 0.25) is 0 Å². The number of nitriles is 1. The summed E-state index contributed by atoms with van der Waals surface area (Å²) >= 11 is 0. The molecule has 0 aliphatic carbocycles. The first kappa shape index (κ1) is 23.3. The molecule has 0 unspecified atom stereocenters. The van der Waals surface area contributed by atoms with Crippen LogP contribution in [0.5, 0.6) is 11.5 Å². The molecule has 0 aliphatic heterocycles. The number of hydrogen-bond donors (Lipinski definition) is 1. The van der Waals surface area contributed by atoms with E-state index in [1.165, 1.54) is 10.7 Å². The number of hydrogen-bond acceptors (Lipinski definition) is 7. The van der Waals surface area contributed by atoms with Gasteiger partial charge in [0.05, 0.1) is 47.9 Å². The van der Waals surface area contributed by atoms with Crippen LogP contribution in [-0.4, -0.2) is 33.8 Å². The SMILES string of the molecule is CCOc1cc(C#N)c(NC(=O)c2ccc(Cn3nc([N+](=O)[O-])cc3C)cc2)cc1OCC. The van der Waals surface area contributed by atoms with Gasteiger partial charge in [-0.3, -0.25) is 4.79 Å². The van der Waals surface area contributed by atoms with Crippen molar-refractivity contribution in [3.05, 3.63) is 75.0 Å². The van der Waals surface area contributed by atoms with E-state index in [4.69, 9.17) is 9.47 Å². The van der Waals surface area contributed by atoms with Gasteiger partial charge < -0.3 is 24.9 Å². The van der Waals surface area contributed by atoms with Crippen molar-refractivity contribution < 1.29 is 19.2 Å². The highest BCUT2D eigenvalue weighted by Gasteiger charge is 2.17. The highest BCUT2D eigenvalue weighted by atomic mass is 16.6. The molecular formula is C23H23N5O5. The molecule has 3 rings (SSSR count). The van der Waals surface area contributed by atoms with Gasteiger partial charge in [0.25, 0.3) is 5.91 Å². The zero-order valence-electron chi connectivity index (χ0n) is 18.5. The van der Waals surface area contributed by atoms with Gasteiger partial charge in [0, 0.05) is 17.7 Å². The minimum atomic E-state index is -0.537. The van der Waals surface area contributed by atoms with Gasteiger partial charge in [0.15, 0.2) is 11.5 Å². The number of aromatic nitrogens is 2. The molecule has 0 atom stereocenters. The molecule has 1 amide bonds. The summed E-state index contributed by atoms with van der Waals surface area (Å²) in [5.41, 5.74) is 2.44. The van der Waals surface area contributed by atoms with Crippen molar-refractivity contribution in [2.75, 3.05) is 18.5 Å². The molecular weight excluding hydrogens is 426 g/mol. The molecule has 0 fully saturated rings. The summed E-state index contributed by atoms with van der Waals surface area (Å²) in [5.74, 6) is 0.272. The summed E-state index contributed by atoms with van der Waals surface area (Å²) in [6.07, 6.45) is 0. The third-order valence-electron chi connectivity index (χ3n) is 4.76. The minimum Gasteiger partial charge on any atom is -0.490 e. The van der Waals surface area contributed by atoms with Crippen LogP contribution in [0, 0.1) is 28.4 Å². The van der Waals surface area contributed by atoms with Gasteiger partial charge in [0.1, 0.15) is 6.07 Å². The van der Waals surface area contributed by atoms with E-state index in [1.807, 2.05) is 13.8 Å². The number of rotatable bonds is 9. The molecule has 0 aliphatic rings. The van der Waals surface area contributed by atoms with Crippen LogP contribution in [0.15, 0.2) is 42.5 Å². The predicted octanol–water partition coefficient (Wildman–Crippen LogP) is 4.07. The van der Waals surface area contributed by atoms with E-state index in [0.717, 1.165) is 5.56 Å². The number of carbonyl (C=O) groups is 1. The molecule has 0 saturated carbocycles. The van der Waals surface area contributed by atoms with Gasteiger partial charge >= 0.3 is 5.82 Å².